The molecule has 0 aromatic heterocycles. The van der Waals surface area contributed by atoms with Crippen LogP contribution in [0.2, 0.25) is 0 Å². The third-order valence-electron chi connectivity index (χ3n) is 15.4. The Morgan fingerprint density at radius 2 is 0.444 bits per heavy atom. The summed E-state index contributed by atoms with van der Waals surface area (Å²) >= 11 is 0. The number of benzene rings is 12. The van der Waals surface area contributed by atoms with Crippen molar-refractivity contribution >= 4 is 58.7 Å². The highest BCUT2D eigenvalue weighted by atomic mass is 31.2. The van der Waals surface area contributed by atoms with Crippen LogP contribution in [0.5, 0.6) is 23.0 Å². The summed E-state index contributed by atoms with van der Waals surface area (Å²) in [7, 11) is -9.96. The molecule has 452 valence electrons. The lowest BCUT2D eigenvalue weighted by atomic mass is 9.86. The molecule has 0 spiro atoms. The number of phosphoric ester groups is 2. The molecule has 0 saturated heterocycles. The third kappa shape index (κ3) is 11.0. The topological polar surface area (TPSA) is 112 Å². The van der Waals surface area contributed by atoms with Gasteiger partial charge in [-0.3, -0.25) is 9.79 Å². The van der Waals surface area contributed by atoms with Gasteiger partial charge in [-0.2, -0.15) is 52.7 Å². The van der Waals surface area contributed by atoms with Crippen molar-refractivity contribution in [1.82, 2.24) is 0 Å². The van der Waals surface area contributed by atoms with Crippen LogP contribution < -0.4 is 18.1 Å². The molecule has 2 aliphatic heterocycles. The molecule has 0 unspecified atom stereocenters. The number of hydrogen-bond donors (Lipinski definition) is 2. The quantitative estimate of drug-likeness (QED) is 0.132. The summed E-state index contributed by atoms with van der Waals surface area (Å²) in [4.78, 5) is 22.1. The van der Waals surface area contributed by atoms with Crippen LogP contribution in [0.1, 0.15) is 22.3 Å². The standard InChI is InChI=1S/2C34H19F6O4P/c2*35-33(36,37)23-13-9-19(10-14-23)27-17-21-5-1-3-7-25(21)29-30-26-8-4-2-6-22(26)18-28(32(30)44-45(41,42)43-31(27)29)20-11-15-24(16-12-20)34(38,39)40/h2*1-18H,(H,41,42). The van der Waals surface area contributed by atoms with Crippen LogP contribution in [0.15, 0.2) is 218 Å². The second kappa shape index (κ2) is 21.6. The maximum Gasteiger partial charge on any atom is 0.584 e. The molecule has 0 saturated carbocycles. The van der Waals surface area contributed by atoms with Crippen LogP contribution in [0, 0.1) is 0 Å². The molecule has 22 heteroatoms. The van der Waals surface area contributed by atoms with Gasteiger partial charge in [-0.15, -0.1) is 0 Å². The van der Waals surface area contributed by atoms with Gasteiger partial charge in [-0.25, -0.2) is 9.13 Å². The molecule has 8 nitrogen and oxygen atoms in total. The molecule has 12 aromatic rings. The second-order valence-corrected chi connectivity index (χ2v) is 23.6. The predicted octanol–water partition coefficient (Wildman–Crippen LogP) is 21.8. The van der Waals surface area contributed by atoms with Gasteiger partial charge in [0, 0.05) is 44.5 Å². The van der Waals surface area contributed by atoms with Crippen LogP contribution >= 0.6 is 15.6 Å². The summed E-state index contributed by atoms with van der Waals surface area (Å²) in [5.41, 5.74) is 0.0233. The van der Waals surface area contributed by atoms with E-state index in [9.17, 15) is 71.6 Å². The molecule has 0 atom stereocenters. The summed E-state index contributed by atoms with van der Waals surface area (Å²) in [5.74, 6) is -0.360. The second-order valence-electron chi connectivity index (χ2n) is 21.0. The van der Waals surface area contributed by atoms with Gasteiger partial charge in [-0.05, 0) is 138 Å². The number of alkyl halides is 12. The maximum absolute atomic E-state index is 13.6. The van der Waals surface area contributed by atoms with Crippen molar-refractivity contribution in [1.29, 1.82) is 0 Å². The van der Waals surface area contributed by atoms with Gasteiger partial charge >= 0.3 is 40.4 Å². The van der Waals surface area contributed by atoms with Crippen LogP contribution in [0.25, 0.3) is 110 Å². The Kier molecular flexibility index (Phi) is 14.2. The normalized spacial score (nSPS) is 14.3. The van der Waals surface area contributed by atoms with Gasteiger partial charge in [0.05, 0.1) is 22.3 Å². The molecule has 0 fully saturated rings. The zero-order chi connectivity index (χ0) is 63.5. The van der Waals surface area contributed by atoms with E-state index < -0.39 is 62.6 Å². The van der Waals surface area contributed by atoms with E-state index in [4.69, 9.17) is 18.1 Å². The molecule has 0 bridgehead atoms. The van der Waals surface area contributed by atoms with Crippen molar-refractivity contribution in [3.05, 3.63) is 241 Å². The molecule has 12 aromatic carbocycles. The van der Waals surface area contributed by atoms with Crippen molar-refractivity contribution in [3.63, 3.8) is 0 Å². The van der Waals surface area contributed by atoms with E-state index in [2.05, 4.69) is 0 Å². The number of halogens is 12. The zero-order valence-electron chi connectivity index (χ0n) is 45.6. The fourth-order valence-electron chi connectivity index (χ4n) is 11.4. The average Bonchev–Trinajstić information content (AvgIpc) is 1.37. The Hall–Kier alpha value is -9.58. The molecule has 0 radical (unpaired) electrons. The molecule has 90 heavy (non-hydrogen) atoms. The first-order chi connectivity index (χ1) is 42.6. The van der Waals surface area contributed by atoms with Gasteiger partial charge < -0.3 is 18.1 Å². The first-order valence-electron chi connectivity index (χ1n) is 27.0. The fraction of sp³-hybridized carbons (Fsp3) is 0.0588. The predicted molar refractivity (Wildman–Crippen MR) is 318 cm³/mol. The minimum atomic E-state index is -4.98. The minimum Gasteiger partial charge on any atom is -0.394 e. The summed E-state index contributed by atoms with van der Waals surface area (Å²) in [6.07, 6.45) is -18.3. The lowest BCUT2D eigenvalue weighted by molar-refractivity contribution is -0.138. The highest BCUT2D eigenvalue weighted by Crippen LogP contribution is 2.64. The summed E-state index contributed by atoms with van der Waals surface area (Å²) in [6, 6.07) is 52.3. The third-order valence-corrected chi connectivity index (χ3v) is 17.1. The van der Waals surface area contributed by atoms with Crippen LogP contribution in [-0.4, -0.2) is 9.79 Å². The van der Waals surface area contributed by atoms with E-state index in [-0.39, 0.29) is 67.5 Å². The van der Waals surface area contributed by atoms with E-state index in [0.717, 1.165) is 48.5 Å². The van der Waals surface area contributed by atoms with E-state index in [1.165, 1.54) is 48.5 Å². The van der Waals surface area contributed by atoms with E-state index in [1.807, 2.05) is 0 Å². The first-order valence-corrected chi connectivity index (χ1v) is 30.0. The molecule has 2 aliphatic rings. The fourth-order valence-corrected chi connectivity index (χ4v) is 13.2. The number of rotatable bonds is 4. The first kappa shape index (κ1) is 59.4. The Labute approximate surface area is 501 Å². The van der Waals surface area contributed by atoms with Crippen molar-refractivity contribution in [3.8, 4) is 89.8 Å². The molecule has 0 aliphatic carbocycles. The van der Waals surface area contributed by atoms with E-state index in [0.29, 0.717) is 65.3 Å². The van der Waals surface area contributed by atoms with Gasteiger partial charge in [0.1, 0.15) is 23.0 Å². The molecular weight excluding hydrogens is 1230 g/mol. The number of phosphoric acid groups is 2. The number of fused-ring (bicyclic) bond motifs is 14. The minimum absolute atomic E-state index is 0.0900. The summed E-state index contributed by atoms with van der Waals surface area (Å²) < 4.78 is 211. The monoisotopic (exact) mass is 1270 g/mol. The lowest BCUT2D eigenvalue weighted by Gasteiger charge is -2.19. The Morgan fingerprint density at radius 1 is 0.267 bits per heavy atom. The van der Waals surface area contributed by atoms with Crippen molar-refractivity contribution in [2.45, 2.75) is 24.7 Å². The van der Waals surface area contributed by atoms with Crippen LogP contribution in [0.4, 0.5) is 52.7 Å². The Morgan fingerprint density at radius 3 is 0.622 bits per heavy atom. The van der Waals surface area contributed by atoms with Gasteiger partial charge in [0.25, 0.3) is 0 Å². The smallest absolute Gasteiger partial charge is 0.394 e. The maximum atomic E-state index is 13.6. The lowest BCUT2D eigenvalue weighted by Crippen LogP contribution is -2.04. The molecule has 14 rings (SSSR count). The Bertz CT molecular complexity index is 4350. The molecular formula is C68H38F12O8P2. The van der Waals surface area contributed by atoms with Crippen LogP contribution in [-0.2, 0) is 33.8 Å². The average molecular weight is 1270 g/mol. The van der Waals surface area contributed by atoms with Gasteiger partial charge in [0.15, 0.2) is 0 Å². The van der Waals surface area contributed by atoms with E-state index >= 15 is 0 Å². The van der Waals surface area contributed by atoms with Crippen molar-refractivity contribution in [2.24, 2.45) is 0 Å². The van der Waals surface area contributed by atoms with Gasteiger partial charge in [-0.1, -0.05) is 146 Å². The zero-order valence-corrected chi connectivity index (χ0v) is 47.3. The van der Waals surface area contributed by atoms with Gasteiger partial charge in [0.2, 0.25) is 0 Å². The highest BCUT2D eigenvalue weighted by molar-refractivity contribution is 7.48. The summed E-state index contributed by atoms with van der Waals surface area (Å²) in [6.45, 7) is 0. The largest absolute Gasteiger partial charge is 0.584 e. The van der Waals surface area contributed by atoms with Crippen molar-refractivity contribution < 1.29 is 89.7 Å². The molecule has 2 N–H and O–H groups in total. The summed E-state index contributed by atoms with van der Waals surface area (Å²) in [5, 5.41) is 4.96. The molecule has 0 amide bonds. The van der Waals surface area contributed by atoms with Crippen LogP contribution in [0.3, 0.4) is 0 Å². The number of hydrogen-bond acceptors (Lipinski definition) is 6. The van der Waals surface area contributed by atoms with Crippen molar-refractivity contribution in [2.75, 3.05) is 0 Å². The Balaban J connectivity index is 0.000000165. The SMILES string of the molecule is O=P1(O)Oc2c(-c3ccc(C(F)(F)F)cc3)cc3ccccc3c2-c2c(c(-c3ccc(C(F)(F)F)cc3)cc3ccccc23)O1.O=P1(O)Oc2c(-c3ccc(C(F)(F)F)cc3)cc3ccccc3c2-c2c(c(-c3ccc(C(F)(F)F)cc3)cc3ccccc23)O1. The molecule has 2 heterocycles. The highest BCUT2D eigenvalue weighted by Gasteiger charge is 2.41. The van der Waals surface area contributed by atoms with E-state index in [1.54, 1.807) is 121 Å².